The van der Waals surface area contributed by atoms with E-state index in [0.717, 1.165) is 28.2 Å². The molecular weight excluding hydrogens is 476 g/mol. The Kier molecular flexibility index (Phi) is 7.89. The molecule has 3 atom stereocenters. The van der Waals surface area contributed by atoms with Crippen LogP contribution in [0, 0.1) is 11.6 Å². The third-order valence-electron chi connectivity index (χ3n) is 6.22. The topological polar surface area (TPSA) is 92.5 Å². The first-order valence-corrected chi connectivity index (χ1v) is 11.9. The lowest BCUT2D eigenvalue weighted by Crippen LogP contribution is -2.57. The van der Waals surface area contributed by atoms with Crippen LogP contribution in [-0.4, -0.2) is 41.2 Å². The molecule has 190 valence electrons. The SMILES string of the molecule is C[C@H](N)C(=O)N(C(=O)Cc1cc(F)cc(F)c1)[C@@H]1C(=O)NCC(c2ccccc2)=C[C@@H]1c1ccccc1. The molecule has 0 saturated carbocycles. The van der Waals surface area contributed by atoms with E-state index in [-0.39, 0.29) is 12.1 Å². The van der Waals surface area contributed by atoms with Crippen LogP contribution in [0.15, 0.2) is 84.9 Å². The highest BCUT2D eigenvalue weighted by Crippen LogP contribution is 2.32. The molecule has 1 heterocycles. The predicted molar refractivity (Wildman–Crippen MR) is 136 cm³/mol. The third-order valence-corrected chi connectivity index (χ3v) is 6.22. The number of carbonyl (C=O) groups excluding carboxylic acids is 3. The highest BCUT2D eigenvalue weighted by Gasteiger charge is 2.42. The molecule has 1 aliphatic rings. The molecule has 8 heteroatoms. The maximum Gasteiger partial charge on any atom is 0.246 e. The van der Waals surface area contributed by atoms with Gasteiger partial charge < -0.3 is 11.1 Å². The Balaban J connectivity index is 1.82. The van der Waals surface area contributed by atoms with E-state index >= 15 is 0 Å². The van der Waals surface area contributed by atoms with Crippen molar-refractivity contribution in [1.82, 2.24) is 10.2 Å². The van der Waals surface area contributed by atoms with E-state index in [4.69, 9.17) is 5.73 Å². The molecule has 0 fully saturated rings. The number of hydrogen-bond acceptors (Lipinski definition) is 4. The highest BCUT2D eigenvalue weighted by molar-refractivity contribution is 6.04. The van der Waals surface area contributed by atoms with Crippen molar-refractivity contribution in [3.63, 3.8) is 0 Å². The van der Waals surface area contributed by atoms with E-state index in [1.807, 2.05) is 54.6 Å². The van der Waals surface area contributed by atoms with Gasteiger partial charge in [0.05, 0.1) is 12.5 Å². The molecule has 3 amide bonds. The van der Waals surface area contributed by atoms with Gasteiger partial charge in [-0.2, -0.15) is 0 Å². The molecule has 3 N–H and O–H groups in total. The number of benzene rings is 3. The summed E-state index contributed by atoms with van der Waals surface area (Å²) in [5, 5.41) is 2.84. The highest BCUT2D eigenvalue weighted by atomic mass is 19.1. The van der Waals surface area contributed by atoms with Gasteiger partial charge in [0.2, 0.25) is 17.7 Å². The average molecular weight is 504 g/mol. The zero-order chi connectivity index (χ0) is 26.5. The van der Waals surface area contributed by atoms with Crippen LogP contribution in [-0.2, 0) is 20.8 Å². The van der Waals surface area contributed by atoms with Crippen LogP contribution in [0.4, 0.5) is 8.78 Å². The fourth-order valence-electron chi connectivity index (χ4n) is 4.51. The molecule has 3 aromatic rings. The van der Waals surface area contributed by atoms with Gasteiger partial charge in [-0.25, -0.2) is 8.78 Å². The largest absolute Gasteiger partial charge is 0.350 e. The number of carbonyl (C=O) groups is 3. The van der Waals surface area contributed by atoms with Gasteiger partial charge in [0.25, 0.3) is 0 Å². The molecule has 0 radical (unpaired) electrons. The van der Waals surface area contributed by atoms with E-state index in [1.54, 1.807) is 12.1 Å². The third kappa shape index (κ3) is 5.98. The number of nitrogens with one attached hydrogen (secondary N) is 1. The van der Waals surface area contributed by atoms with Gasteiger partial charge in [-0.1, -0.05) is 66.7 Å². The van der Waals surface area contributed by atoms with Crippen molar-refractivity contribution in [3.05, 3.63) is 113 Å². The van der Waals surface area contributed by atoms with Gasteiger partial charge in [-0.15, -0.1) is 0 Å². The Morgan fingerprint density at radius 2 is 1.59 bits per heavy atom. The Labute approximate surface area is 213 Å². The molecular formula is C29H27F2N3O3. The summed E-state index contributed by atoms with van der Waals surface area (Å²) >= 11 is 0. The Morgan fingerprint density at radius 1 is 1.00 bits per heavy atom. The van der Waals surface area contributed by atoms with Crippen molar-refractivity contribution in [2.24, 2.45) is 5.73 Å². The van der Waals surface area contributed by atoms with Crippen molar-refractivity contribution in [3.8, 4) is 0 Å². The zero-order valence-electron chi connectivity index (χ0n) is 20.2. The summed E-state index contributed by atoms with van der Waals surface area (Å²) in [6, 6.07) is 18.9. The standard InChI is InChI=1S/C29H27F2N3O3/c1-18(32)29(37)34(26(35)14-19-12-23(30)16-24(31)13-19)27-25(21-10-6-3-7-11-21)15-22(17-33-28(27)36)20-8-4-2-5-9-20/h2-13,15-16,18,25,27H,14,17,32H2,1H3,(H,33,36)/t18-,25+,27-/m0/s1. The summed E-state index contributed by atoms with van der Waals surface area (Å²) in [5.74, 6) is -4.49. The molecule has 0 saturated heterocycles. The van der Waals surface area contributed by atoms with E-state index < -0.39 is 53.8 Å². The van der Waals surface area contributed by atoms with Crippen molar-refractivity contribution >= 4 is 23.3 Å². The van der Waals surface area contributed by atoms with E-state index in [0.29, 0.717) is 11.6 Å². The molecule has 0 unspecified atom stereocenters. The lowest BCUT2D eigenvalue weighted by atomic mass is 9.87. The monoisotopic (exact) mass is 503 g/mol. The van der Waals surface area contributed by atoms with Gasteiger partial charge in [0, 0.05) is 18.5 Å². The second-order valence-electron chi connectivity index (χ2n) is 9.00. The number of rotatable bonds is 6. The van der Waals surface area contributed by atoms with Crippen LogP contribution in [0.2, 0.25) is 0 Å². The maximum atomic E-state index is 13.8. The Hall–Kier alpha value is -4.17. The van der Waals surface area contributed by atoms with Crippen LogP contribution in [0.1, 0.15) is 29.5 Å². The number of nitrogens with zero attached hydrogens (tertiary/aromatic N) is 1. The minimum atomic E-state index is -1.27. The summed E-state index contributed by atoms with van der Waals surface area (Å²) in [4.78, 5) is 41.3. The lowest BCUT2D eigenvalue weighted by Gasteiger charge is -2.34. The fraction of sp³-hybridized carbons (Fsp3) is 0.207. The van der Waals surface area contributed by atoms with E-state index in [2.05, 4.69) is 5.32 Å². The van der Waals surface area contributed by atoms with Crippen LogP contribution >= 0.6 is 0 Å². The second kappa shape index (κ2) is 11.3. The smallest absolute Gasteiger partial charge is 0.246 e. The van der Waals surface area contributed by atoms with Crippen LogP contribution in [0.25, 0.3) is 5.57 Å². The number of amides is 3. The summed E-state index contributed by atoms with van der Waals surface area (Å²) in [6.07, 6.45) is 1.39. The van der Waals surface area contributed by atoms with Crippen LogP contribution in [0.3, 0.4) is 0 Å². The summed E-state index contributed by atoms with van der Waals surface area (Å²) < 4.78 is 27.6. The minimum Gasteiger partial charge on any atom is -0.350 e. The number of nitrogens with two attached hydrogens (primary N) is 1. The normalized spacial score (nSPS) is 18.3. The predicted octanol–water partition coefficient (Wildman–Crippen LogP) is 3.58. The number of halogens is 2. The molecule has 0 spiro atoms. The van der Waals surface area contributed by atoms with Crippen molar-refractivity contribution in [2.45, 2.75) is 31.3 Å². The lowest BCUT2D eigenvalue weighted by molar-refractivity contribution is -0.152. The first kappa shape index (κ1) is 25.9. The van der Waals surface area contributed by atoms with Crippen molar-refractivity contribution in [2.75, 3.05) is 6.54 Å². The molecule has 0 aliphatic carbocycles. The molecule has 3 aromatic carbocycles. The van der Waals surface area contributed by atoms with E-state index in [1.165, 1.54) is 6.92 Å². The molecule has 4 rings (SSSR count). The fourth-order valence-corrected chi connectivity index (χ4v) is 4.51. The molecule has 6 nitrogen and oxygen atoms in total. The first-order chi connectivity index (χ1) is 17.7. The van der Waals surface area contributed by atoms with Crippen molar-refractivity contribution < 1.29 is 23.2 Å². The average Bonchev–Trinajstić information content (AvgIpc) is 3.04. The Morgan fingerprint density at radius 3 is 2.19 bits per heavy atom. The second-order valence-corrected chi connectivity index (χ2v) is 9.00. The van der Waals surface area contributed by atoms with Gasteiger partial charge in [0.15, 0.2) is 0 Å². The molecule has 1 aliphatic heterocycles. The minimum absolute atomic E-state index is 0.0378. The zero-order valence-corrected chi connectivity index (χ0v) is 20.2. The summed E-state index contributed by atoms with van der Waals surface area (Å²) in [5.41, 5.74) is 8.35. The molecule has 0 bridgehead atoms. The first-order valence-electron chi connectivity index (χ1n) is 11.9. The maximum absolute atomic E-state index is 13.8. The summed E-state index contributed by atoms with van der Waals surface area (Å²) in [6.45, 7) is 1.61. The molecule has 37 heavy (non-hydrogen) atoms. The quantitative estimate of drug-likeness (QED) is 0.538. The van der Waals surface area contributed by atoms with Gasteiger partial charge in [-0.05, 0) is 41.3 Å². The number of imide groups is 1. The van der Waals surface area contributed by atoms with Gasteiger partial charge >= 0.3 is 0 Å². The van der Waals surface area contributed by atoms with Crippen LogP contribution < -0.4 is 11.1 Å². The van der Waals surface area contributed by atoms with Gasteiger partial charge in [-0.3, -0.25) is 19.3 Å². The van der Waals surface area contributed by atoms with E-state index in [9.17, 15) is 23.2 Å². The number of hydrogen-bond donors (Lipinski definition) is 2. The van der Waals surface area contributed by atoms with Gasteiger partial charge in [0.1, 0.15) is 17.7 Å². The molecule has 0 aromatic heterocycles. The van der Waals surface area contributed by atoms with Crippen LogP contribution in [0.5, 0.6) is 0 Å². The van der Waals surface area contributed by atoms with Crippen molar-refractivity contribution in [1.29, 1.82) is 0 Å². The summed E-state index contributed by atoms with van der Waals surface area (Å²) in [7, 11) is 0. The Bertz CT molecular complexity index is 1310.